The van der Waals surface area contributed by atoms with Crippen LogP contribution in [0.25, 0.3) is 10.9 Å². The van der Waals surface area contributed by atoms with Crippen molar-refractivity contribution in [1.82, 2.24) is 9.88 Å². The van der Waals surface area contributed by atoms with Crippen molar-refractivity contribution in [3.8, 4) is 5.88 Å². The number of aryl methyl sites for hydroxylation is 2. The predicted molar refractivity (Wildman–Crippen MR) is 231 cm³/mol. The van der Waals surface area contributed by atoms with Gasteiger partial charge in [0.2, 0.25) is 11.8 Å². The normalized spacial score (nSPS) is 11.4. The summed E-state index contributed by atoms with van der Waals surface area (Å²) < 4.78 is 12.6. The third-order valence-electron chi connectivity index (χ3n) is 11.3. The van der Waals surface area contributed by atoms with E-state index in [1.54, 1.807) is 6.92 Å². The highest BCUT2D eigenvalue weighted by molar-refractivity contribution is 5.87. The van der Waals surface area contributed by atoms with Crippen LogP contribution in [0.5, 0.6) is 5.88 Å². The van der Waals surface area contributed by atoms with Crippen LogP contribution < -0.4 is 10.1 Å². The number of nitrogens with zero attached hydrogens (tertiary/aromatic N) is 1. The van der Waals surface area contributed by atoms with Crippen LogP contribution in [0.3, 0.4) is 0 Å². The highest BCUT2D eigenvalue weighted by atomic mass is 16.7. The Kier molecular flexibility index (Phi) is 29.8. The molecule has 1 amide bonds. The van der Waals surface area contributed by atoms with Crippen molar-refractivity contribution >= 4 is 23.0 Å². The summed E-state index contributed by atoms with van der Waals surface area (Å²) >= 11 is 0. The molecule has 6 nitrogen and oxygen atoms in total. The molecule has 1 aromatic carbocycles. The fourth-order valence-corrected chi connectivity index (χ4v) is 7.92. The molecule has 2 rings (SSSR count). The van der Waals surface area contributed by atoms with Crippen molar-refractivity contribution in [2.24, 2.45) is 7.05 Å². The molecule has 0 aliphatic heterocycles. The van der Waals surface area contributed by atoms with Crippen LogP contribution in [0, 0.1) is 0 Å². The SMILES string of the molecule is CCCCCCCCCCCCCCCCCC(=O)NCCCCCCCCCCCCCCCCCCc1c(OC(=O)OCC)n(C)c2ccccc12. The zero-order valence-corrected chi connectivity index (χ0v) is 35.6. The maximum atomic E-state index is 12.2. The summed E-state index contributed by atoms with van der Waals surface area (Å²) in [4.78, 5) is 24.2. The molecule has 0 unspecified atom stereocenters. The van der Waals surface area contributed by atoms with Crippen LogP contribution in [0.2, 0.25) is 0 Å². The molecule has 0 fully saturated rings. The van der Waals surface area contributed by atoms with E-state index in [4.69, 9.17) is 9.47 Å². The summed E-state index contributed by atoms with van der Waals surface area (Å²) in [6.45, 7) is 5.25. The first-order valence-electron chi connectivity index (χ1n) is 23.3. The predicted octanol–water partition coefficient (Wildman–Crippen LogP) is 14.9. The van der Waals surface area contributed by atoms with E-state index in [1.165, 1.54) is 180 Å². The Bertz CT molecular complexity index is 1190. The summed E-state index contributed by atoms with van der Waals surface area (Å²) in [5.41, 5.74) is 2.20. The summed E-state index contributed by atoms with van der Waals surface area (Å²) in [6.07, 6.45) is 42.3. The van der Waals surface area contributed by atoms with E-state index in [0.717, 1.165) is 48.7 Å². The molecule has 54 heavy (non-hydrogen) atoms. The van der Waals surface area contributed by atoms with E-state index in [1.807, 2.05) is 23.7 Å². The maximum Gasteiger partial charge on any atom is 0.515 e. The number of hydrogen-bond donors (Lipinski definition) is 1. The Labute approximate surface area is 332 Å². The van der Waals surface area contributed by atoms with Crippen LogP contribution in [-0.2, 0) is 23.0 Å². The molecule has 0 saturated carbocycles. The van der Waals surface area contributed by atoms with Gasteiger partial charge in [-0.15, -0.1) is 0 Å². The number of hydrogen-bond acceptors (Lipinski definition) is 4. The average Bonchev–Trinajstić information content (AvgIpc) is 3.43. The quantitative estimate of drug-likeness (QED) is 0.0551. The number of aromatic nitrogens is 1. The molecule has 2 aromatic rings. The zero-order valence-electron chi connectivity index (χ0n) is 35.6. The minimum Gasteiger partial charge on any atom is -0.434 e. The van der Waals surface area contributed by atoms with Gasteiger partial charge in [0.25, 0.3) is 0 Å². The molecule has 1 heterocycles. The van der Waals surface area contributed by atoms with Gasteiger partial charge in [-0.25, -0.2) is 4.79 Å². The molecular formula is C48H84N2O4. The molecule has 0 aliphatic carbocycles. The summed E-state index contributed by atoms with van der Waals surface area (Å²) in [6, 6.07) is 8.27. The van der Waals surface area contributed by atoms with Crippen molar-refractivity contribution in [2.75, 3.05) is 13.2 Å². The standard InChI is InChI=1S/C48H84N2O4/c1-4-6-7-8-9-10-11-12-15-19-22-25-28-31-34-41-46(51)49-42-37-32-29-26-23-20-17-14-13-16-18-21-24-27-30-33-39-44-43-38-35-36-40-45(43)50(3)47(44)54-48(52)53-5-2/h35-36,38,40H,4-34,37,39,41-42H2,1-3H3,(H,49,51). The van der Waals surface area contributed by atoms with Gasteiger partial charge in [0, 0.05) is 31.0 Å². The van der Waals surface area contributed by atoms with E-state index in [2.05, 4.69) is 24.4 Å². The molecular weight excluding hydrogens is 669 g/mol. The van der Waals surface area contributed by atoms with Crippen LogP contribution in [0.4, 0.5) is 4.79 Å². The number of fused-ring (bicyclic) bond motifs is 1. The highest BCUT2D eigenvalue weighted by Crippen LogP contribution is 2.33. The molecule has 6 heteroatoms. The second kappa shape index (κ2) is 33.8. The molecule has 0 radical (unpaired) electrons. The van der Waals surface area contributed by atoms with Gasteiger partial charge < -0.3 is 19.4 Å². The van der Waals surface area contributed by atoms with Crippen LogP contribution in [-0.4, -0.2) is 29.8 Å². The fraction of sp³-hybridized carbons (Fsp3) is 0.792. The van der Waals surface area contributed by atoms with Crippen molar-refractivity contribution in [2.45, 2.75) is 226 Å². The van der Waals surface area contributed by atoms with Gasteiger partial charge in [0.05, 0.1) is 12.1 Å². The topological polar surface area (TPSA) is 69.6 Å². The molecule has 0 saturated heterocycles. The molecule has 0 atom stereocenters. The number of ether oxygens (including phenoxy) is 2. The average molecular weight is 753 g/mol. The number of para-hydroxylation sites is 1. The lowest BCUT2D eigenvalue weighted by atomic mass is 10.0. The van der Waals surface area contributed by atoms with Gasteiger partial charge in [0.1, 0.15) is 0 Å². The van der Waals surface area contributed by atoms with E-state index in [9.17, 15) is 9.59 Å². The lowest BCUT2D eigenvalue weighted by Gasteiger charge is -2.08. The van der Waals surface area contributed by atoms with E-state index in [-0.39, 0.29) is 5.91 Å². The van der Waals surface area contributed by atoms with Gasteiger partial charge in [-0.3, -0.25) is 4.79 Å². The lowest BCUT2D eigenvalue weighted by molar-refractivity contribution is -0.121. The first-order chi connectivity index (χ1) is 26.6. The smallest absolute Gasteiger partial charge is 0.434 e. The van der Waals surface area contributed by atoms with Crippen molar-refractivity contribution in [3.63, 3.8) is 0 Å². The second-order valence-electron chi connectivity index (χ2n) is 16.1. The van der Waals surface area contributed by atoms with E-state index in [0.29, 0.717) is 18.9 Å². The zero-order chi connectivity index (χ0) is 38.7. The van der Waals surface area contributed by atoms with Gasteiger partial charge in [-0.2, -0.15) is 0 Å². The van der Waals surface area contributed by atoms with Gasteiger partial charge in [-0.05, 0) is 38.7 Å². The Balaban J connectivity index is 1.29. The fourth-order valence-electron chi connectivity index (χ4n) is 7.92. The number of benzene rings is 1. The van der Waals surface area contributed by atoms with Crippen molar-refractivity contribution < 1.29 is 19.1 Å². The lowest BCUT2D eigenvalue weighted by Crippen LogP contribution is -2.23. The second-order valence-corrected chi connectivity index (χ2v) is 16.1. The number of carbonyl (C=O) groups excluding carboxylic acids is 2. The summed E-state index contributed by atoms with van der Waals surface area (Å²) in [5.74, 6) is 0.879. The first kappa shape index (κ1) is 47.7. The third kappa shape index (κ3) is 23.4. The number of amides is 1. The molecule has 0 aliphatic rings. The number of unbranched alkanes of at least 4 members (excludes halogenated alkanes) is 29. The van der Waals surface area contributed by atoms with Crippen LogP contribution in [0.15, 0.2) is 24.3 Å². The Morgan fingerprint density at radius 2 is 0.981 bits per heavy atom. The number of carbonyl (C=O) groups is 2. The van der Waals surface area contributed by atoms with E-state index >= 15 is 0 Å². The van der Waals surface area contributed by atoms with Crippen molar-refractivity contribution in [1.29, 1.82) is 0 Å². The largest absolute Gasteiger partial charge is 0.515 e. The molecule has 0 spiro atoms. The van der Waals surface area contributed by atoms with Crippen molar-refractivity contribution in [3.05, 3.63) is 29.8 Å². The summed E-state index contributed by atoms with van der Waals surface area (Å²) in [7, 11) is 1.95. The summed E-state index contributed by atoms with van der Waals surface area (Å²) in [5, 5.41) is 4.31. The third-order valence-corrected chi connectivity index (χ3v) is 11.3. The molecule has 0 bridgehead atoms. The number of nitrogens with one attached hydrogen (secondary N) is 1. The molecule has 1 N–H and O–H groups in total. The Morgan fingerprint density at radius 1 is 0.556 bits per heavy atom. The van der Waals surface area contributed by atoms with Gasteiger partial charge in [-0.1, -0.05) is 205 Å². The van der Waals surface area contributed by atoms with Crippen LogP contribution in [0.1, 0.15) is 225 Å². The number of rotatable bonds is 37. The Morgan fingerprint density at radius 3 is 1.46 bits per heavy atom. The highest BCUT2D eigenvalue weighted by Gasteiger charge is 2.19. The van der Waals surface area contributed by atoms with E-state index < -0.39 is 6.16 Å². The first-order valence-corrected chi connectivity index (χ1v) is 23.3. The molecule has 1 aromatic heterocycles. The van der Waals surface area contributed by atoms with Gasteiger partial charge >= 0.3 is 6.16 Å². The molecule has 310 valence electrons. The van der Waals surface area contributed by atoms with Crippen LogP contribution >= 0.6 is 0 Å². The minimum absolute atomic E-state index is 0.261. The maximum absolute atomic E-state index is 12.2. The monoisotopic (exact) mass is 753 g/mol. The minimum atomic E-state index is -0.630. The van der Waals surface area contributed by atoms with Gasteiger partial charge in [0.15, 0.2) is 0 Å². The Hall–Kier alpha value is -2.50.